The van der Waals surface area contributed by atoms with Gasteiger partial charge in [0.2, 0.25) is 0 Å². The van der Waals surface area contributed by atoms with Gasteiger partial charge in [0, 0.05) is 0 Å². The van der Waals surface area contributed by atoms with Crippen molar-refractivity contribution in [1.29, 1.82) is 0 Å². The quantitative estimate of drug-likeness (QED) is 0.478. The summed E-state index contributed by atoms with van der Waals surface area (Å²) < 4.78 is 11.4. The van der Waals surface area contributed by atoms with Crippen LogP contribution in [-0.2, 0) is 4.57 Å². The molecule has 2 unspecified atom stereocenters. The molecule has 29 heavy (non-hydrogen) atoms. The maximum absolute atomic E-state index is 11.4. The lowest BCUT2D eigenvalue weighted by molar-refractivity contribution is -0.114. The predicted octanol–water partition coefficient (Wildman–Crippen LogP) is 5.91. The van der Waals surface area contributed by atoms with Gasteiger partial charge in [0.25, 0.3) is 0 Å². The van der Waals surface area contributed by atoms with Crippen molar-refractivity contribution in [3.05, 3.63) is 0 Å². The van der Waals surface area contributed by atoms with Gasteiger partial charge in [0.15, 0.2) is 0 Å². The van der Waals surface area contributed by atoms with Crippen LogP contribution in [0.4, 0.5) is 0 Å². The van der Waals surface area contributed by atoms with Crippen molar-refractivity contribution in [2.45, 2.75) is 104 Å². The number of fused-ring (bicyclic) bond motifs is 5. The monoisotopic (exact) mass is 425 g/mol. The van der Waals surface area contributed by atoms with Gasteiger partial charge >= 0.3 is 7.60 Å². The highest BCUT2D eigenvalue weighted by atomic mass is 31.2. The molecular weight excluding hydrogens is 381 g/mol. The Balaban J connectivity index is 1.46. The SMILES string of the molecule is C[C@H](CCC(N)P(=O)(O)O)[C@H]1CC[C@H]2[C@@H]3CCC4CCCC[C@]4(C)[C@H]3CC[C@]12C. The summed E-state index contributed by atoms with van der Waals surface area (Å²) in [6.45, 7) is 7.53. The van der Waals surface area contributed by atoms with E-state index in [2.05, 4.69) is 20.8 Å². The van der Waals surface area contributed by atoms with Crippen LogP contribution in [0.2, 0.25) is 0 Å². The molecule has 4 aliphatic carbocycles. The molecule has 4 saturated carbocycles. The zero-order valence-electron chi connectivity index (χ0n) is 18.9. The Bertz CT molecular complexity index is 650. The van der Waals surface area contributed by atoms with Gasteiger partial charge in [-0.05, 0) is 111 Å². The van der Waals surface area contributed by atoms with Crippen LogP contribution in [0.5, 0.6) is 0 Å². The molecule has 0 heterocycles. The molecule has 0 aliphatic heterocycles. The molecule has 168 valence electrons. The summed E-state index contributed by atoms with van der Waals surface area (Å²) in [5, 5.41) is 0. The summed E-state index contributed by atoms with van der Waals surface area (Å²) in [7, 11) is -4.15. The average Bonchev–Trinajstić information content (AvgIpc) is 3.01. The molecule has 0 radical (unpaired) electrons. The van der Waals surface area contributed by atoms with E-state index in [1.165, 1.54) is 64.2 Å². The van der Waals surface area contributed by atoms with Crippen LogP contribution in [-0.4, -0.2) is 15.6 Å². The molecular formula is C24H44NO3P. The van der Waals surface area contributed by atoms with Gasteiger partial charge < -0.3 is 15.5 Å². The van der Waals surface area contributed by atoms with Gasteiger partial charge in [-0.3, -0.25) is 4.57 Å². The molecule has 4 N–H and O–H groups in total. The molecule has 0 aromatic rings. The molecule has 0 aromatic carbocycles. The zero-order chi connectivity index (χ0) is 21.0. The number of nitrogens with two attached hydrogens (primary N) is 1. The number of hydrogen-bond donors (Lipinski definition) is 3. The standard InChI is InChI=1S/C24H44NO3P/c1-16(7-12-22(25)29(26,27)28)19-10-11-20-18-9-8-17-6-4-5-14-23(17,2)21(18)13-15-24(19,20)3/h16-22H,4-15,25H2,1-3H3,(H2,26,27,28)/t16-,17?,18+,19-,20+,21+,22?,23+,24-/m1/s1. The van der Waals surface area contributed by atoms with Gasteiger partial charge in [-0.1, -0.05) is 33.6 Å². The van der Waals surface area contributed by atoms with Crippen molar-refractivity contribution in [1.82, 2.24) is 0 Å². The fraction of sp³-hybridized carbons (Fsp3) is 1.00. The molecule has 5 heteroatoms. The number of rotatable bonds is 5. The summed E-state index contributed by atoms with van der Waals surface area (Å²) >= 11 is 0. The lowest BCUT2D eigenvalue weighted by atomic mass is 9.44. The highest BCUT2D eigenvalue weighted by Crippen LogP contribution is 2.68. The van der Waals surface area contributed by atoms with Crippen LogP contribution in [0.25, 0.3) is 0 Å². The Morgan fingerprint density at radius 1 is 0.931 bits per heavy atom. The fourth-order valence-corrected chi connectivity index (χ4v) is 9.56. The van der Waals surface area contributed by atoms with E-state index in [-0.39, 0.29) is 0 Å². The Labute approximate surface area is 178 Å². The molecule has 4 rings (SSSR count). The molecule has 9 atom stereocenters. The van der Waals surface area contributed by atoms with Gasteiger partial charge in [-0.25, -0.2) is 0 Å². The normalized spacial score (nSPS) is 47.0. The van der Waals surface area contributed by atoms with E-state index in [0.717, 1.165) is 30.1 Å². The Morgan fingerprint density at radius 2 is 1.66 bits per heavy atom. The van der Waals surface area contributed by atoms with E-state index in [0.29, 0.717) is 29.1 Å². The summed E-state index contributed by atoms with van der Waals surface area (Å²) in [6.07, 6.45) is 15.5. The molecule has 0 amide bonds. The molecule has 0 saturated heterocycles. The molecule has 4 aliphatic rings. The topological polar surface area (TPSA) is 83.6 Å². The third kappa shape index (κ3) is 3.79. The molecule has 4 fully saturated rings. The van der Waals surface area contributed by atoms with Crippen LogP contribution >= 0.6 is 7.60 Å². The van der Waals surface area contributed by atoms with Crippen molar-refractivity contribution in [3.63, 3.8) is 0 Å². The maximum atomic E-state index is 11.4. The van der Waals surface area contributed by atoms with Gasteiger partial charge in [0.05, 0.1) is 0 Å². The minimum absolute atomic E-state index is 0.421. The first kappa shape index (κ1) is 22.3. The molecule has 0 bridgehead atoms. The van der Waals surface area contributed by atoms with E-state index in [9.17, 15) is 14.4 Å². The molecule has 4 nitrogen and oxygen atoms in total. The molecule has 0 aromatic heterocycles. The maximum Gasteiger partial charge on any atom is 0.342 e. The highest BCUT2D eigenvalue weighted by Gasteiger charge is 2.60. The van der Waals surface area contributed by atoms with Crippen molar-refractivity contribution in [3.8, 4) is 0 Å². The van der Waals surface area contributed by atoms with Crippen LogP contribution in [0.15, 0.2) is 0 Å². The Morgan fingerprint density at radius 3 is 2.38 bits per heavy atom. The lowest BCUT2D eigenvalue weighted by Crippen LogP contribution is -2.53. The first-order valence-electron chi connectivity index (χ1n) is 12.4. The second-order valence-electron chi connectivity index (χ2n) is 11.8. The molecule has 0 spiro atoms. The Hall–Kier alpha value is 0.110. The summed E-state index contributed by atoms with van der Waals surface area (Å²) in [6, 6.07) is 0. The minimum Gasteiger partial charge on any atom is -0.323 e. The minimum atomic E-state index is -4.15. The van der Waals surface area contributed by atoms with Gasteiger partial charge in [-0.15, -0.1) is 0 Å². The average molecular weight is 426 g/mol. The smallest absolute Gasteiger partial charge is 0.323 e. The van der Waals surface area contributed by atoms with Gasteiger partial charge in [-0.2, -0.15) is 0 Å². The zero-order valence-corrected chi connectivity index (χ0v) is 19.7. The summed E-state index contributed by atoms with van der Waals surface area (Å²) in [5.41, 5.74) is 6.78. The van der Waals surface area contributed by atoms with Crippen LogP contribution in [0.1, 0.15) is 97.8 Å². The number of hydrogen-bond acceptors (Lipinski definition) is 2. The summed E-state index contributed by atoms with van der Waals surface area (Å²) in [4.78, 5) is 18.7. The second kappa shape index (κ2) is 7.91. The van der Waals surface area contributed by atoms with Crippen molar-refractivity contribution in [2.75, 3.05) is 0 Å². The van der Waals surface area contributed by atoms with E-state index < -0.39 is 13.4 Å². The Kier molecular flexibility index (Phi) is 6.08. The van der Waals surface area contributed by atoms with E-state index in [1.54, 1.807) is 0 Å². The predicted molar refractivity (Wildman–Crippen MR) is 118 cm³/mol. The second-order valence-corrected chi connectivity index (χ2v) is 13.7. The van der Waals surface area contributed by atoms with E-state index in [1.807, 2.05) is 0 Å². The fourth-order valence-electron chi connectivity index (χ4n) is 9.07. The van der Waals surface area contributed by atoms with Crippen molar-refractivity contribution < 1.29 is 14.4 Å². The van der Waals surface area contributed by atoms with Crippen LogP contribution < -0.4 is 5.73 Å². The van der Waals surface area contributed by atoms with Crippen LogP contribution in [0.3, 0.4) is 0 Å². The summed E-state index contributed by atoms with van der Waals surface area (Å²) in [5.74, 6) is 3.90. The van der Waals surface area contributed by atoms with E-state index >= 15 is 0 Å². The third-order valence-electron chi connectivity index (χ3n) is 10.7. The van der Waals surface area contributed by atoms with Crippen LogP contribution in [0, 0.1) is 46.3 Å². The first-order valence-corrected chi connectivity index (χ1v) is 14.1. The third-order valence-corrected chi connectivity index (χ3v) is 11.8. The lowest BCUT2D eigenvalue weighted by Gasteiger charge is -2.61. The van der Waals surface area contributed by atoms with Crippen molar-refractivity contribution >= 4 is 7.60 Å². The van der Waals surface area contributed by atoms with E-state index in [4.69, 9.17) is 5.73 Å². The highest BCUT2D eigenvalue weighted by molar-refractivity contribution is 7.52. The first-order chi connectivity index (χ1) is 13.6. The van der Waals surface area contributed by atoms with Crippen molar-refractivity contribution in [2.24, 2.45) is 52.1 Å². The largest absolute Gasteiger partial charge is 0.342 e. The van der Waals surface area contributed by atoms with Gasteiger partial charge in [0.1, 0.15) is 5.78 Å².